The summed E-state index contributed by atoms with van der Waals surface area (Å²) in [6.07, 6.45) is 8.68. The molecule has 9 heteroatoms. The van der Waals surface area contributed by atoms with E-state index in [0.717, 1.165) is 68.7 Å². The molecule has 0 aromatic carbocycles. The van der Waals surface area contributed by atoms with Crippen molar-refractivity contribution in [3.8, 4) is 10.7 Å². The molecule has 1 amide bonds. The summed E-state index contributed by atoms with van der Waals surface area (Å²) in [6.45, 7) is 3.60. The van der Waals surface area contributed by atoms with Crippen molar-refractivity contribution < 1.29 is 13.2 Å². The van der Waals surface area contributed by atoms with Crippen LogP contribution in [0.15, 0.2) is 22.5 Å². The first-order chi connectivity index (χ1) is 13.9. The van der Waals surface area contributed by atoms with Crippen LogP contribution in [0.1, 0.15) is 50.6 Å². The van der Waals surface area contributed by atoms with Gasteiger partial charge in [0.05, 0.1) is 5.69 Å². The minimum absolute atomic E-state index is 0.00360. The number of likely N-dealkylation sites (tertiary alicyclic amines) is 1. The molecule has 1 saturated heterocycles. The molecule has 0 atom stereocenters. The van der Waals surface area contributed by atoms with Crippen LogP contribution in [0.5, 0.6) is 0 Å². The van der Waals surface area contributed by atoms with Gasteiger partial charge in [-0.1, -0.05) is 12.8 Å². The summed E-state index contributed by atoms with van der Waals surface area (Å²) >= 11 is 1.46. The third kappa shape index (κ3) is 4.73. The van der Waals surface area contributed by atoms with Gasteiger partial charge in [0, 0.05) is 36.4 Å². The minimum Gasteiger partial charge on any atom is -0.341 e. The Labute approximate surface area is 176 Å². The number of aromatic nitrogens is 2. The Morgan fingerprint density at radius 1 is 1.21 bits per heavy atom. The Kier molecular flexibility index (Phi) is 6.08. The third-order valence-electron chi connectivity index (χ3n) is 5.71. The average molecular weight is 437 g/mol. The Bertz CT molecular complexity index is 968. The molecule has 3 heterocycles. The number of nitrogens with zero attached hydrogens (tertiary/aromatic N) is 3. The maximum atomic E-state index is 12.9. The first-order valence-corrected chi connectivity index (χ1v) is 12.7. The number of rotatable bonds is 6. The lowest BCUT2D eigenvalue weighted by atomic mass is 10.1. The van der Waals surface area contributed by atoms with E-state index >= 15 is 0 Å². The lowest BCUT2D eigenvalue weighted by Gasteiger charge is -2.27. The fraction of sp³-hybridized carbons (Fsp3) is 0.600. The largest absolute Gasteiger partial charge is 0.341 e. The van der Waals surface area contributed by atoms with Gasteiger partial charge in [0.1, 0.15) is 16.4 Å². The van der Waals surface area contributed by atoms with Crippen LogP contribution in [0.3, 0.4) is 0 Å². The number of nitrogens with one attached hydrogen (secondary N) is 1. The number of hydrogen-bond donors (Lipinski definition) is 1. The van der Waals surface area contributed by atoms with Crippen LogP contribution in [0.25, 0.3) is 10.7 Å². The monoisotopic (exact) mass is 436 g/mol. The van der Waals surface area contributed by atoms with E-state index in [2.05, 4.69) is 9.71 Å². The molecule has 2 aliphatic rings. The molecule has 7 nitrogen and oxygen atoms in total. The molecule has 2 aromatic heterocycles. The zero-order valence-electron chi connectivity index (χ0n) is 16.8. The number of carbonyl (C=O) groups is 1. The third-order valence-corrected chi connectivity index (χ3v) is 8.18. The topological polar surface area (TPSA) is 84.3 Å². The van der Waals surface area contributed by atoms with Crippen LogP contribution in [0.2, 0.25) is 0 Å². The van der Waals surface area contributed by atoms with Gasteiger partial charge >= 0.3 is 0 Å². The molecule has 0 spiro atoms. The summed E-state index contributed by atoms with van der Waals surface area (Å²) in [6, 6.07) is 1.66. The van der Waals surface area contributed by atoms with Gasteiger partial charge in [0.25, 0.3) is 0 Å². The number of amides is 1. The van der Waals surface area contributed by atoms with E-state index in [1.807, 2.05) is 17.2 Å². The Hall–Kier alpha value is -1.71. The summed E-state index contributed by atoms with van der Waals surface area (Å²) in [5, 5.41) is 2.67. The van der Waals surface area contributed by atoms with Crippen molar-refractivity contribution in [3.63, 3.8) is 0 Å². The van der Waals surface area contributed by atoms with Crippen molar-refractivity contribution in [2.75, 3.05) is 13.1 Å². The van der Waals surface area contributed by atoms with E-state index in [1.54, 1.807) is 16.8 Å². The molecule has 2 fully saturated rings. The van der Waals surface area contributed by atoms with E-state index in [-0.39, 0.29) is 23.4 Å². The van der Waals surface area contributed by atoms with Crippen LogP contribution >= 0.6 is 11.3 Å². The molecular weight excluding hydrogens is 408 g/mol. The molecule has 0 unspecified atom stereocenters. The lowest BCUT2D eigenvalue weighted by molar-refractivity contribution is -0.132. The molecule has 1 N–H and O–H groups in total. The number of thiazole rings is 1. The van der Waals surface area contributed by atoms with Crippen LogP contribution in [0, 0.1) is 6.92 Å². The number of hydrogen-bond acceptors (Lipinski definition) is 5. The quantitative estimate of drug-likeness (QED) is 0.754. The van der Waals surface area contributed by atoms with Gasteiger partial charge in [0.15, 0.2) is 0 Å². The molecule has 0 bridgehead atoms. The maximum absolute atomic E-state index is 12.9. The predicted octanol–water partition coefficient (Wildman–Crippen LogP) is 3.15. The Balaban J connectivity index is 1.62. The summed E-state index contributed by atoms with van der Waals surface area (Å²) in [7, 11) is -3.63. The number of carbonyl (C=O) groups excluding carboxylic acids is 1. The maximum Gasteiger partial charge on any atom is 0.242 e. The zero-order valence-corrected chi connectivity index (χ0v) is 18.4. The van der Waals surface area contributed by atoms with Crippen molar-refractivity contribution in [1.29, 1.82) is 0 Å². The fourth-order valence-corrected chi connectivity index (χ4v) is 6.30. The van der Waals surface area contributed by atoms with E-state index < -0.39 is 10.0 Å². The number of piperidine rings is 1. The van der Waals surface area contributed by atoms with Gasteiger partial charge < -0.3 is 9.47 Å². The Morgan fingerprint density at radius 3 is 2.59 bits per heavy atom. The number of aryl methyl sites for hydroxylation is 1. The first kappa shape index (κ1) is 20.6. The molecule has 1 aliphatic carbocycles. The SMILES string of the molecule is Cc1csc(-c2cc(S(=O)(=O)NC3CCCC3)cn2CC(=O)N2CCCCC2)n1. The van der Waals surface area contributed by atoms with Crippen LogP contribution < -0.4 is 4.72 Å². The standard InChI is InChI=1S/C20H28N4O3S2/c1-15-14-28-20(21-15)18-11-17(29(26,27)22-16-7-3-4-8-16)12-24(18)13-19(25)23-9-5-2-6-10-23/h11-12,14,16,22H,2-10,13H2,1H3. The molecule has 1 saturated carbocycles. The second-order valence-corrected chi connectivity index (χ2v) is 10.6. The molecule has 2 aromatic rings. The van der Waals surface area contributed by atoms with E-state index in [4.69, 9.17) is 0 Å². The van der Waals surface area contributed by atoms with E-state index in [0.29, 0.717) is 5.69 Å². The van der Waals surface area contributed by atoms with Crippen LogP contribution in [-0.4, -0.2) is 47.9 Å². The molecule has 0 radical (unpaired) electrons. The molecule has 29 heavy (non-hydrogen) atoms. The van der Waals surface area contributed by atoms with E-state index in [1.165, 1.54) is 11.3 Å². The fourth-order valence-electron chi connectivity index (χ4n) is 4.13. The molecular formula is C20H28N4O3S2. The number of sulfonamides is 1. The van der Waals surface area contributed by atoms with E-state index in [9.17, 15) is 13.2 Å². The van der Waals surface area contributed by atoms with Gasteiger partial charge in [-0.2, -0.15) is 0 Å². The highest BCUT2D eigenvalue weighted by Crippen LogP contribution is 2.29. The van der Waals surface area contributed by atoms with Gasteiger partial charge in [-0.05, 0) is 45.1 Å². The second-order valence-electron chi connectivity index (χ2n) is 8.03. The highest BCUT2D eigenvalue weighted by atomic mass is 32.2. The Morgan fingerprint density at radius 2 is 1.93 bits per heavy atom. The van der Waals surface area contributed by atoms with Gasteiger partial charge in [0.2, 0.25) is 15.9 Å². The van der Waals surface area contributed by atoms with Crippen molar-refractivity contribution in [2.45, 2.75) is 69.4 Å². The van der Waals surface area contributed by atoms with Crippen LogP contribution in [-0.2, 0) is 21.4 Å². The van der Waals surface area contributed by atoms with Crippen molar-refractivity contribution in [1.82, 2.24) is 19.2 Å². The summed E-state index contributed by atoms with van der Waals surface area (Å²) in [4.78, 5) is 19.4. The lowest BCUT2D eigenvalue weighted by Crippen LogP contribution is -2.37. The van der Waals surface area contributed by atoms with Crippen LogP contribution in [0.4, 0.5) is 0 Å². The first-order valence-electron chi connectivity index (χ1n) is 10.4. The summed E-state index contributed by atoms with van der Waals surface area (Å²) in [5.41, 5.74) is 1.56. The molecule has 4 rings (SSSR count). The van der Waals surface area contributed by atoms with Crippen molar-refractivity contribution >= 4 is 27.3 Å². The highest BCUT2D eigenvalue weighted by Gasteiger charge is 2.27. The zero-order chi connectivity index (χ0) is 20.4. The predicted molar refractivity (Wildman–Crippen MR) is 113 cm³/mol. The average Bonchev–Trinajstić information content (AvgIpc) is 3.43. The second kappa shape index (κ2) is 8.57. The summed E-state index contributed by atoms with van der Waals surface area (Å²) < 4.78 is 30.5. The minimum atomic E-state index is -3.63. The highest BCUT2D eigenvalue weighted by molar-refractivity contribution is 7.89. The normalized spacial score (nSPS) is 18.4. The van der Waals surface area contributed by atoms with Gasteiger partial charge in [-0.15, -0.1) is 11.3 Å². The molecule has 1 aliphatic heterocycles. The van der Waals surface area contributed by atoms with Gasteiger partial charge in [-0.25, -0.2) is 18.1 Å². The molecule has 158 valence electrons. The van der Waals surface area contributed by atoms with Crippen molar-refractivity contribution in [2.24, 2.45) is 0 Å². The summed E-state index contributed by atoms with van der Waals surface area (Å²) in [5.74, 6) is 0.0301. The van der Waals surface area contributed by atoms with Gasteiger partial charge in [-0.3, -0.25) is 4.79 Å². The van der Waals surface area contributed by atoms with Crippen molar-refractivity contribution in [3.05, 3.63) is 23.3 Å². The smallest absolute Gasteiger partial charge is 0.242 e.